The van der Waals surface area contributed by atoms with E-state index in [2.05, 4.69) is 27.2 Å². The molecule has 0 aromatic heterocycles. The van der Waals surface area contributed by atoms with Gasteiger partial charge in [0.05, 0.1) is 27.7 Å². The van der Waals surface area contributed by atoms with Crippen LogP contribution in [0.25, 0.3) is 0 Å². The van der Waals surface area contributed by atoms with Gasteiger partial charge in [0.25, 0.3) is 0 Å². The van der Waals surface area contributed by atoms with Crippen molar-refractivity contribution >= 4 is 7.82 Å². The third kappa shape index (κ3) is 13.2. The summed E-state index contributed by atoms with van der Waals surface area (Å²) in [5.41, 5.74) is 1.64. The molecule has 0 radical (unpaired) electrons. The minimum Gasteiger partial charge on any atom is -0.326 e. The monoisotopic (exact) mass is 500 g/mol. The molecule has 0 heterocycles. The summed E-state index contributed by atoms with van der Waals surface area (Å²) in [5.74, 6) is 0. The molecular formula is C28H55NO4P+. The summed E-state index contributed by atoms with van der Waals surface area (Å²) in [6.07, 6.45) is 27.2. The number of phosphoric acid groups is 1. The first-order chi connectivity index (χ1) is 16.3. The predicted molar refractivity (Wildman–Crippen MR) is 143 cm³/mol. The number of rotatable bonds is 9. The van der Waals surface area contributed by atoms with E-state index >= 15 is 0 Å². The van der Waals surface area contributed by atoms with Crippen LogP contribution in [0.1, 0.15) is 128 Å². The van der Waals surface area contributed by atoms with Gasteiger partial charge in [0.15, 0.2) is 0 Å². The van der Waals surface area contributed by atoms with Crippen molar-refractivity contribution in [2.75, 3.05) is 27.7 Å². The Labute approximate surface area is 210 Å². The van der Waals surface area contributed by atoms with Crippen LogP contribution in [0.4, 0.5) is 0 Å². The Bertz CT molecular complexity index is 598. The molecule has 2 aliphatic carbocycles. The van der Waals surface area contributed by atoms with E-state index in [1.807, 2.05) is 0 Å². The second kappa shape index (κ2) is 16.5. The van der Waals surface area contributed by atoms with Gasteiger partial charge in [0.1, 0.15) is 12.1 Å². The van der Waals surface area contributed by atoms with Crippen molar-refractivity contribution in [1.82, 2.24) is 0 Å². The molecule has 2 aliphatic rings. The molecule has 3 atom stereocenters. The first-order valence-corrected chi connectivity index (χ1v) is 15.9. The number of likely N-dealkylation sites (N-methyl/N-ethyl adjacent to an activating group) is 1. The third-order valence-corrected chi connectivity index (χ3v) is 8.76. The Balaban J connectivity index is 1.67. The largest absolute Gasteiger partial charge is 0.472 e. The highest BCUT2D eigenvalue weighted by Crippen LogP contribution is 2.48. The Kier molecular flexibility index (Phi) is 14.6. The number of hydrogen-bond donors (Lipinski definition) is 1. The van der Waals surface area contributed by atoms with E-state index in [4.69, 9.17) is 9.05 Å². The van der Waals surface area contributed by atoms with Crippen LogP contribution in [-0.2, 0) is 13.6 Å². The van der Waals surface area contributed by atoms with Crippen molar-refractivity contribution < 1.29 is 23.0 Å². The van der Waals surface area contributed by atoms with E-state index in [1.165, 1.54) is 89.9 Å². The molecule has 0 bridgehead atoms. The summed E-state index contributed by atoms with van der Waals surface area (Å²) in [7, 11) is 2.38. The summed E-state index contributed by atoms with van der Waals surface area (Å²) in [5, 5.41) is 0. The highest BCUT2D eigenvalue weighted by molar-refractivity contribution is 7.47. The topological polar surface area (TPSA) is 55.8 Å². The lowest BCUT2D eigenvalue weighted by atomic mass is 9.98. The normalized spacial score (nSPS) is 26.4. The van der Waals surface area contributed by atoms with Crippen molar-refractivity contribution in [2.45, 2.75) is 141 Å². The molecule has 0 saturated heterocycles. The zero-order valence-corrected chi connectivity index (χ0v) is 23.5. The maximum Gasteiger partial charge on any atom is 0.472 e. The molecule has 0 spiro atoms. The summed E-state index contributed by atoms with van der Waals surface area (Å²) in [6.45, 7) is 0.290. The van der Waals surface area contributed by atoms with E-state index in [0.29, 0.717) is 6.61 Å². The zero-order chi connectivity index (χ0) is 24.7. The van der Waals surface area contributed by atoms with Crippen molar-refractivity contribution in [2.24, 2.45) is 0 Å². The average molecular weight is 501 g/mol. The first kappa shape index (κ1) is 30.0. The molecule has 1 N–H and O–H groups in total. The van der Waals surface area contributed by atoms with Crippen molar-refractivity contribution in [3.63, 3.8) is 0 Å². The van der Waals surface area contributed by atoms with Crippen LogP contribution in [0.2, 0.25) is 0 Å². The summed E-state index contributed by atoms with van der Waals surface area (Å²) in [6, 6.07) is 0.250. The van der Waals surface area contributed by atoms with Gasteiger partial charge in [-0.2, -0.15) is 0 Å². The fourth-order valence-corrected chi connectivity index (χ4v) is 6.66. The maximum absolute atomic E-state index is 12.5. The van der Waals surface area contributed by atoms with Crippen LogP contribution < -0.4 is 0 Å². The molecule has 34 heavy (non-hydrogen) atoms. The molecule has 2 saturated carbocycles. The number of quaternary nitrogens is 1. The van der Waals surface area contributed by atoms with Crippen LogP contribution in [0.3, 0.4) is 0 Å². The van der Waals surface area contributed by atoms with Gasteiger partial charge in [0, 0.05) is 6.42 Å². The summed E-state index contributed by atoms with van der Waals surface area (Å²) < 4.78 is 24.1. The fraction of sp³-hybridized carbons (Fsp3) is 0.929. The Morgan fingerprint density at radius 2 is 1.35 bits per heavy atom. The quantitative estimate of drug-likeness (QED) is 0.150. The molecule has 2 rings (SSSR count). The van der Waals surface area contributed by atoms with Crippen LogP contribution in [-0.4, -0.2) is 49.3 Å². The van der Waals surface area contributed by atoms with Gasteiger partial charge in [-0.15, -0.1) is 0 Å². The van der Waals surface area contributed by atoms with E-state index in [9.17, 15) is 9.46 Å². The van der Waals surface area contributed by atoms with E-state index in [0.717, 1.165) is 43.0 Å². The zero-order valence-electron chi connectivity index (χ0n) is 22.6. The van der Waals surface area contributed by atoms with Crippen LogP contribution >= 0.6 is 7.82 Å². The molecule has 200 valence electrons. The van der Waals surface area contributed by atoms with Gasteiger partial charge in [-0.25, -0.2) is 4.57 Å². The molecule has 1 unspecified atom stereocenters. The summed E-state index contributed by atoms with van der Waals surface area (Å²) in [4.78, 5) is 10.2. The molecule has 0 aromatic rings. The Morgan fingerprint density at radius 1 is 0.824 bits per heavy atom. The highest BCUT2D eigenvalue weighted by atomic mass is 31.2. The van der Waals surface area contributed by atoms with E-state index in [-0.39, 0.29) is 12.1 Å². The van der Waals surface area contributed by atoms with Crippen molar-refractivity contribution in [1.29, 1.82) is 0 Å². The minimum atomic E-state index is -3.99. The van der Waals surface area contributed by atoms with Crippen LogP contribution in [0, 0.1) is 0 Å². The van der Waals surface area contributed by atoms with Crippen LogP contribution in [0.15, 0.2) is 11.6 Å². The van der Waals surface area contributed by atoms with Gasteiger partial charge in [0.2, 0.25) is 0 Å². The second-order valence-corrected chi connectivity index (χ2v) is 13.1. The van der Waals surface area contributed by atoms with Crippen molar-refractivity contribution in [3.05, 3.63) is 11.6 Å². The second-order valence-electron chi connectivity index (χ2n) is 11.7. The summed E-state index contributed by atoms with van der Waals surface area (Å²) >= 11 is 0. The molecule has 0 amide bonds. The third-order valence-electron chi connectivity index (χ3n) is 7.71. The van der Waals surface area contributed by atoms with Gasteiger partial charge in [-0.1, -0.05) is 75.9 Å². The lowest BCUT2D eigenvalue weighted by Gasteiger charge is -2.35. The number of hydrogen-bond acceptors (Lipinski definition) is 3. The maximum atomic E-state index is 12.5. The smallest absolute Gasteiger partial charge is 0.326 e. The Hall–Kier alpha value is -0.190. The molecule has 5 nitrogen and oxygen atoms in total. The number of phosphoric ester groups is 1. The van der Waals surface area contributed by atoms with Gasteiger partial charge >= 0.3 is 7.82 Å². The molecular weight excluding hydrogens is 445 g/mol. The van der Waals surface area contributed by atoms with Gasteiger partial charge in [-0.3, -0.25) is 9.05 Å². The van der Waals surface area contributed by atoms with Crippen LogP contribution in [0.5, 0.6) is 0 Å². The van der Waals surface area contributed by atoms with Crippen molar-refractivity contribution in [3.8, 4) is 0 Å². The Morgan fingerprint density at radius 3 is 1.88 bits per heavy atom. The standard InChI is InChI=1S/C28H54NO4P/c1-29(2,3)27-23-19-24-28(27)33-34(30,31)32-25-18-14-17-22-26-20-15-12-10-8-6-4-5-7-9-11-13-16-21-26/h22,27-28H,4-21,23-25H2,1-3H3/p+1/t27-,28-/m0/s1. The lowest BCUT2D eigenvalue weighted by Crippen LogP contribution is -2.49. The number of allylic oxidation sites excluding steroid dienone is 2. The van der Waals surface area contributed by atoms with E-state index < -0.39 is 7.82 Å². The highest BCUT2D eigenvalue weighted by Gasteiger charge is 2.42. The molecule has 0 aromatic carbocycles. The van der Waals surface area contributed by atoms with E-state index in [1.54, 1.807) is 5.57 Å². The first-order valence-electron chi connectivity index (χ1n) is 14.4. The average Bonchev–Trinajstić information content (AvgIpc) is 3.22. The molecule has 2 fully saturated rings. The predicted octanol–water partition coefficient (Wildman–Crippen LogP) is 8.32. The SMILES string of the molecule is C[N+](C)(C)[C@H]1CCC[C@@H]1OP(=O)(O)OCCCCC=C1CCCCCCCCCCCCCC1. The number of unbranched alkanes of at least 4 members (excludes halogenated alkanes) is 2. The fourth-order valence-electron chi connectivity index (χ4n) is 5.65. The molecule has 6 heteroatoms. The molecule has 0 aliphatic heterocycles. The lowest BCUT2D eigenvalue weighted by molar-refractivity contribution is -0.898. The van der Waals surface area contributed by atoms with Gasteiger partial charge < -0.3 is 9.38 Å². The minimum absolute atomic E-state index is 0.195. The number of nitrogens with zero attached hydrogens (tertiary/aromatic N) is 1. The van der Waals surface area contributed by atoms with Gasteiger partial charge in [-0.05, 0) is 57.8 Å².